The normalized spacial score (nSPS) is 10.4. The molecule has 2 aromatic rings. The Bertz CT molecular complexity index is 600. The maximum atomic E-state index is 10.6. The molecule has 1 heterocycles. The first kappa shape index (κ1) is 13.8. The van der Waals surface area contributed by atoms with Gasteiger partial charge in [0.2, 0.25) is 0 Å². The Balaban J connectivity index is 1.93. The zero-order valence-electron chi connectivity index (χ0n) is 9.93. The summed E-state index contributed by atoms with van der Waals surface area (Å²) in [6.45, 7) is 0.754. The van der Waals surface area contributed by atoms with Crippen molar-refractivity contribution in [2.45, 2.75) is 6.42 Å². The highest BCUT2D eigenvalue weighted by atomic mass is 79.9. The smallest absolute Gasteiger partial charge is 0.292 e. The van der Waals surface area contributed by atoms with Crippen molar-refractivity contribution in [3.05, 3.63) is 49.1 Å². The van der Waals surface area contributed by atoms with Gasteiger partial charge in [-0.15, -0.1) is 11.3 Å². The summed E-state index contributed by atoms with van der Waals surface area (Å²) < 4.78 is 1.11. The number of benzene rings is 1. The molecule has 0 aliphatic carbocycles. The second kappa shape index (κ2) is 6.03. The van der Waals surface area contributed by atoms with E-state index >= 15 is 0 Å². The van der Waals surface area contributed by atoms with Gasteiger partial charge in [-0.3, -0.25) is 10.1 Å². The fourth-order valence-electron chi connectivity index (χ4n) is 1.65. The third-order valence-electron chi connectivity index (χ3n) is 2.55. The van der Waals surface area contributed by atoms with Gasteiger partial charge in [-0.25, -0.2) is 0 Å². The Morgan fingerprint density at radius 1 is 1.37 bits per heavy atom. The van der Waals surface area contributed by atoms with Crippen LogP contribution in [0.25, 0.3) is 0 Å². The first-order valence-corrected chi connectivity index (χ1v) is 7.19. The predicted octanol–water partition coefficient (Wildman–Crippen LogP) is 3.66. The van der Waals surface area contributed by atoms with Crippen LogP contribution in [0.15, 0.2) is 34.1 Å². The molecule has 0 radical (unpaired) electrons. The van der Waals surface area contributed by atoms with Crippen molar-refractivity contribution in [2.75, 3.05) is 17.6 Å². The first-order valence-electron chi connectivity index (χ1n) is 5.58. The second-order valence-corrected chi connectivity index (χ2v) is 6.46. The molecule has 3 N–H and O–H groups in total. The molecule has 0 aliphatic heterocycles. The number of anilines is 2. The Kier molecular flexibility index (Phi) is 4.39. The summed E-state index contributed by atoms with van der Waals surface area (Å²) in [5.74, 6) is 0. The monoisotopic (exact) mass is 341 g/mol. The Morgan fingerprint density at radius 2 is 2.16 bits per heavy atom. The van der Waals surface area contributed by atoms with Crippen molar-refractivity contribution in [1.82, 2.24) is 0 Å². The number of halogens is 1. The van der Waals surface area contributed by atoms with Crippen LogP contribution in [0, 0.1) is 10.1 Å². The summed E-state index contributed by atoms with van der Waals surface area (Å²) in [7, 11) is 0. The van der Waals surface area contributed by atoms with E-state index in [0.29, 0.717) is 0 Å². The Labute approximate surface area is 122 Å². The molecule has 0 atom stereocenters. The molecule has 0 unspecified atom stereocenters. The van der Waals surface area contributed by atoms with Crippen LogP contribution in [0.3, 0.4) is 0 Å². The molecule has 2 rings (SSSR count). The largest absolute Gasteiger partial charge is 0.393 e. The van der Waals surface area contributed by atoms with Gasteiger partial charge < -0.3 is 11.1 Å². The molecule has 5 nitrogen and oxygen atoms in total. The van der Waals surface area contributed by atoms with Gasteiger partial charge in [0.05, 0.1) is 8.71 Å². The van der Waals surface area contributed by atoms with Gasteiger partial charge in [0.1, 0.15) is 5.69 Å². The number of nitrogens with two attached hydrogens (primary N) is 1. The number of nitrogens with one attached hydrogen (secondary N) is 1. The summed E-state index contributed by atoms with van der Waals surface area (Å²) in [5, 5.41) is 13.8. The highest BCUT2D eigenvalue weighted by Crippen LogP contribution is 2.25. The summed E-state index contributed by atoms with van der Waals surface area (Å²) in [4.78, 5) is 11.4. The van der Waals surface area contributed by atoms with Crippen LogP contribution < -0.4 is 11.1 Å². The average molecular weight is 342 g/mol. The van der Waals surface area contributed by atoms with Crippen molar-refractivity contribution < 1.29 is 4.92 Å². The van der Waals surface area contributed by atoms with Crippen LogP contribution in [0.2, 0.25) is 0 Å². The van der Waals surface area contributed by atoms with Crippen LogP contribution >= 0.6 is 27.3 Å². The van der Waals surface area contributed by atoms with Crippen LogP contribution in [0.1, 0.15) is 4.88 Å². The molecule has 1 aromatic heterocycles. The summed E-state index contributed by atoms with van der Waals surface area (Å²) in [6, 6.07) is 8.76. The average Bonchev–Trinajstić information content (AvgIpc) is 2.75. The molecule has 0 amide bonds. The lowest BCUT2D eigenvalue weighted by Gasteiger charge is -2.06. The van der Waals surface area contributed by atoms with Gasteiger partial charge in [0, 0.05) is 23.2 Å². The van der Waals surface area contributed by atoms with Crippen LogP contribution in [0.5, 0.6) is 0 Å². The van der Waals surface area contributed by atoms with Crippen LogP contribution in [0.4, 0.5) is 17.1 Å². The standard InChI is InChI=1S/C12H12BrN3O2S/c13-12-4-2-9(19-12)5-6-15-8-1-3-11(16(17)18)10(14)7-8/h1-4,7,15H,5-6,14H2. The molecule has 7 heteroatoms. The number of rotatable bonds is 5. The van der Waals surface area contributed by atoms with Crippen LogP contribution in [-0.4, -0.2) is 11.5 Å². The Morgan fingerprint density at radius 3 is 2.74 bits per heavy atom. The zero-order valence-corrected chi connectivity index (χ0v) is 12.3. The fourth-order valence-corrected chi connectivity index (χ4v) is 3.13. The van der Waals surface area contributed by atoms with E-state index in [1.165, 1.54) is 10.9 Å². The van der Waals surface area contributed by atoms with Crippen molar-refractivity contribution in [2.24, 2.45) is 0 Å². The lowest BCUT2D eigenvalue weighted by atomic mass is 10.2. The van der Waals surface area contributed by atoms with Gasteiger partial charge in [-0.2, -0.15) is 0 Å². The second-order valence-electron chi connectivity index (χ2n) is 3.91. The van der Waals surface area contributed by atoms with E-state index in [1.54, 1.807) is 23.5 Å². The predicted molar refractivity (Wildman–Crippen MR) is 81.7 cm³/mol. The Hall–Kier alpha value is -1.60. The van der Waals surface area contributed by atoms with E-state index in [2.05, 4.69) is 27.3 Å². The highest BCUT2D eigenvalue weighted by molar-refractivity contribution is 9.11. The fraction of sp³-hybridized carbons (Fsp3) is 0.167. The number of hydrogen-bond donors (Lipinski definition) is 2. The van der Waals surface area contributed by atoms with E-state index in [0.717, 1.165) is 22.4 Å². The molecule has 0 fully saturated rings. The van der Waals surface area contributed by atoms with E-state index in [-0.39, 0.29) is 11.4 Å². The van der Waals surface area contributed by atoms with Gasteiger partial charge in [-0.05, 0) is 46.6 Å². The third-order valence-corrected chi connectivity index (χ3v) is 4.24. The number of thiophene rings is 1. The van der Waals surface area contributed by atoms with E-state index < -0.39 is 4.92 Å². The van der Waals surface area contributed by atoms with Gasteiger partial charge in [-0.1, -0.05) is 0 Å². The maximum Gasteiger partial charge on any atom is 0.292 e. The quantitative estimate of drug-likeness (QED) is 0.494. The van der Waals surface area contributed by atoms with E-state index in [9.17, 15) is 10.1 Å². The van der Waals surface area contributed by atoms with Crippen molar-refractivity contribution >= 4 is 44.3 Å². The minimum Gasteiger partial charge on any atom is -0.393 e. The number of nitro benzene ring substituents is 1. The lowest BCUT2D eigenvalue weighted by molar-refractivity contribution is -0.383. The number of nitrogen functional groups attached to an aromatic ring is 1. The molecular weight excluding hydrogens is 330 g/mol. The minimum atomic E-state index is -0.484. The first-order chi connectivity index (χ1) is 9.06. The van der Waals surface area contributed by atoms with Crippen molar-refractivity contribution in [3.8, 4) is 0 Å². The molecule has 1 aromatic carbocycles. The summed E-state index contributed by atoms with van der Waals surface area (Å²) in [5.41, 5.74) is 6.53. The zero-order chi connectivity index (χ0) is 13.8. The van der Waals surface area contributed by atoms with E-state index in [1.807, 2.05) is 6.07 Å². The van der Waals surface area contributed by atoms with Gasteiger partial charge in [0.25, 0.3) is 5.69 Å². The molecular formula is C12H12BrN3O2S. The summed E-state index contributed by atoms with van der Waals surface area (Å²) >= 11 is 5.11. The molecule has 0 saturated carbocycles. The lowest BCUT2D eigenvalue weighted by Crippen LogP contribution is -2.05. The highest BCUT2D eigenvalue weighted by Gasteiger charge is 2.10. The molecule has 0 aliphatic rings. The minimum absolute atomic E-state index is 0.0623. The molecule has 100 valence electrons. The van der Waals surface area contributed by atoms with Gasteiger partial charge >= 0.3 is 0 Å². The summed E-state index contributed by atoms with van der Waals surface area (Å²) in [6.07, 6.45) is 0.896. The third kappa shape index (κ3) is 3.68. The molecule has 0 bridgehead atoms. The molecule has 19 heavy (non-hydrogen) atoms. The van der Waals surface area contributed by atoms with Crippen LogP contribution in [-0.2, 0) is 6.42 Å². The molecule has 0 spiro atoms. The number of nitro groups is 1. The number of nitrogens with zero attached hydrogens (tertiary/aromatic N) is 1. The maximum absolute atomic E-state index is 10.6. The van der Waals surface area contributed by atoms with E-state index in [4.69, 9.17) is 5.73 Å². The van der Waals surface area contributed by atoms with Crippen molar-refractivity contribution in [3.63, 3.8) is 0 Å². The van der Waals surface area contributed by atoms with Crippen molar-refractivity contribution in [1.29, 1.82) is 0 Å². The topological polar surface area (TPSA) is 81.2 Å². The van der Waals surface area contributed by atoms with Gasteiger partial charge in [0.15, 0.2) is 0 Å². The SMILES string of the molecule is Nc1cc(NCCc2ccc(Br)s2)ccc1[N+](=O)[O-]. The number of hydrogen-bond acceptors (Lipinski definition) is 5. The molecule has 0 saturated heterocycles.